The first-order chi connectivity index (χ1) is 14.5. The number of carbonyl (C=O) groups is 3. The summed E-state index contributed by atoms with van der Waals surface area (Å²) in [6.45, 7) is 13.6. The van der Waals surface area contributed by atoms with E-state index in [0.29, 0.717) is 17.1 Å². The summed E-state index contributed by atoms with van der Waals surface area (Å²) in [5, 5.41) is 9.31. The number of imide groups is 1. The number of nitrogens with zero attached hydrogens (tertiary/aromatic N) is 3. The lowest BCUT2D eigenvalue weighted by molar-refractivity contribution is -0.152. The second-order valence-corrected chi connectivity index (χ2v) is 7.95. The maximum absolute atomic E-state index is 12.9. The quantitative estimate of drug-likeness (QED) is 0.561. The van der Waals surface area contributed by atoms with Crippen molar-refractivity contribution in [2.75, 3.05) is 11.4 Å². The Bertz CT molecular complexity index is 1080. The first kappa shape index (κ1) is 21.8. The maximum atomic E-state index is 12.9. The molecule has 2 aromatic carbocycles. The molecule has 1 fully saturated rings. The summed E-state index contributed by atoms with van der Waals surface area (Å²) in [6.07, 6.45) is 0. The predicted octanol–water partition coefficient (Wildman–Crippen LogP) is 4.07. The highest BCUT2D eigenvalue weighted by Gasteiger charge is 2.37. The number of anilines is 1. The van der Waals surface area contributed by atoms with Crippen molar-refractivity contribution in [3.63, 3.8) is 0 Å². The van der Waals surface area contributed by atoms with Crippen molar-refractivity contribution in [2.45, 2.75) is 39.8 Å². The Morgan fingerprint density at radius 3 is 2.26 bits per heavy atom. The number of hydrogen-bond donors (Lipinski definition) is 1. The van der Waals surface area contributed by atoms with Gasteiger partial charge in [0.1, 0.15) is 12.3 Å². The number of urea groups is 1. The molecule has 2 aromatic rings. The molecule has 0 aromatic heterocycles. The Morgan fingerprint density at radius 2 is 1.74 bits per heavy atom. The molecule has 0 aliphatic carbocycles. The summed E-state index contributed by atoms with van der Waals surface area (Å²) in [7, 11) is 0. The Hall–Kier alpha value is -3.86. The number of aliphatic carboxylic acids is 1. The van der Waals surface area contributed by atoms with E-state index in [9.17, 15) is 19.5 Å². The summed E-state index contributed by atoms with van der Waals surface area (Å²) in [6, 6.07) is 9.64. The zero-order valence-corrected chi connectivity index (χ0v) is 17.8. The summed E-state index contributed by atoms with van der Waals surface area (Å²) >= 11 is 0. The minimum atomic E-state index is -1.39. The minimum absolute atomic E-state index is 0.0673. The van der Waals surface area contributed by atoms with Crippen LogP contribution in [0.2, 0.25) is 0 Å². The van der Waals surface area contributed by atoms with E-state index in [2.05, 4.69) is 4.85 Å². The van der Waals surface area contributed by atoms with Crippen LogP contribution in [0.3, 0.4) is 0 Å². The Kier molecular flexibility index (Phi) is 5.71. The van der Waals surface area contributed by atoms with Crippen LogP contribution in [0.1, 0.15) is 30.5 Å². The van der Waals surface area contributed by atoms with Gasteiger partial charge in [-0.05, 0) is 56.5 Å². The standard InChI is InChI=1S/C23H23N3O5/c1-14-10-16(11-15(2)20(14)31-23(3,4)21(28)29)12-26-19(27)13-25(22(26)30)18-8-6-17(24-5)7-9-18/h6-11H,12-13H2,1-4H3,(H,28,29). The number of benzene rings is 2. The third-order valence-electron chi connectivity index (χ3n) is 5.08. The van der Waals surface area contributed by atoms with E-state index in [0.717, 1.165) is 16.7 Å². The van der Waals surface area contributed by atoms with Gasteiger partial charge >= 0.3 is 12.0 Å². The van der Waals surface area contributed by atoms with Crippen LogP contribution in [0.25, 0.3) is 4.85 Å². The molecule has 1 heterocycles. The van der Waals surface area contributed by atoms with Crippen LogP contribution in [0.5, 0.6) is 5.75 Å². The van der Waals surface area contributed by atoms with Crippen LogP contribution >= 0.6 is 0 Å². The highest BCUT2D eigenvalue weighted by Crippen LogP contribution is 2.30. The lowest BCUT2D eigenvalue weighted by atomic mass is 10.0. The number of hydrogen-bond acceptors (Lipinski definition) is 4. The smallest absolute Gasteiger partial charge is 0.347 e. The zero-order chi connectivity index (χ0) is 22.9. The van der Waals surface area contributed by atoms with Gasteiger partial charge in [-0.1, -0.05) is 24.3 Å². The molecule has 0 saturated carbocycles. The first-order valence-electron chi connectivity index (χ1n) is 9.65. The summed E-state index contributed by atoms with van der Waals surface area (Å²) in [5.74, 6) is -0.924. The van der Waals surface area contributed by atoms with E-state index in [1.807, 2.05) is 0 Å². The van der Waals surface area contributed by atoms with Crippen molar-refractivity contribution in [1.29, 1.82) is 0 Å². The SMILES string of the molecule is [C-]#[N+]c1ccc(N2CC(=O)N(Cc3cc(C)c(OC(C)(C)C(=O)O)c(C)c3)C2=O)cc1. The molecule has 0 spiro atoms. The number of carbonyl (C=O) groups excluding carboxylic acids is 2. The normalized spacial score (nSPS) is 14.0. The molecule has 0 bridgehead atoms. The molecule has 3 rings (SSSR count). The summed E-state index contributed by atoms with van der Waals surface area (Å²) in [5.41, 5.74) is 1.80. The van der Waals surface area contributed by atoms with E-state index in [1.54, 1.807) is 50.2 Å². The van der Waals surface area contributed by atoms with Crippen molar-refractivity contribution < 1.29 is 24.2 Å². The minimum Gasteiger partial charge on any atom is -0.478 e. The largest absolute Gasteiger partial charge is 0.478 e. The van der Waals surface area contributed by atoms with E-state index < -0.39 is 17.6 Å². The fraction of sp³-hybridized carbons (Fsp3) is 0.304. The molecule has 160 valence electrons. The Morgan fingerprint density at radius 1 is 1.16 bits per heavy atom. The monoisotopic (exact) mass is 421 g/mol. The topological polar surface area (TPSA) is 91.5 Å². The Balaban J connectivity index is 1.80. The third kappa shape index (κ3) is 4.36. The van der Waals surface area contributed by atoms with Gasteiger partial charge in [0.15, 0.2) is 11.3 Å². The molecule has 8 heteroatoms. The van der Waals surface area contributed by atoms with Crippen molar-refractivity contribution in [1.82, 2.24) is 4.90 Å². The average molecular weight is 421 g/mol. The highest BCUT2D eigenvalue weighted by molar-refractivity contribution is 6.12. The number of rotatable bonds is 6. The van der Waals surface area contributed by atoms with E-state index >= 15 is 0 Å². The van der Waals surface area contributed by atoms with Gasteiger partial charge in [0.2, 0.25) is 0 Å². The van der Waals surface area contributed by atoms with Crippen LogP contribution in [0.15, 0.2) is 36.4 Å². The molecule has 31 heavy (non-hydrogen) atoms. The molecule has 3 amide bonds. The molecule has 8 nitrogen and oxygen atoms in total. The summed E-state index contributed by atoms with van der Waals surface area (Å²) < 4.78 is 5.71. The number of amides is 3. The third-order valence-corrected chi connectivity index (χ3v) is 5.08. The Labute approximate surface area is 180 Å². The lowest BCUT2D eigenvalue weighted by Crippen LogP contribution is -2.38. The van der Waals surface area contributed by atoms with Gasteiger partial charge in [-0.2, -0.15) is 0 Å². The molecule has 0 atom stereocenters. The number of carboxylic acids is 1. The van der Waals surface area contributed by atoms with Gasteiger partial charge in [0.05, 0.1) is 13.1 Å². The van der Waals surface area contributed by atoms with Gasteiger partial charge in [0.25, 0.3) is 5.91 Å². The second kappa shape index (κ2) is 8.11. The van der Waals surface area contributed by atoms with Crippen molar-refractivity contribution in [2.24, 2.45) is 0 Å². The van der Waals surface area contributed by atoms with E-state index in [-0.39, 0.29) is 19.0 Å². The van der Waals surface area contributed by atoms with Crippen molar-refractivity contribution in [3.05, 3.63) is 64.5 Å². The number of ether oxygens (including phenoxy) is 1. The fourth-order valence-corrected chi connectivity index (χ4v) is 3.38. The molecular weight excluding hydrogens is 398 g/mol. The molecule has 1 aliphatic rings. The van der Waals surface area contributed by atoms with Crippen LogP contribution in [0.4, 0.5) is 16.2 Å². The number of carboxylic acid groups (broad SMARTS) is 1. The van der Waals surface area contributed by atoms with Crippen molar-refractivity contribution >= 4 is 29.3 Å². The zero-order valence-electron chi connectivity index (χ0n) is 17.8. The second-order valence-electron chi connectivity index (χ2n) is 7.95. The molecule has 1 aliphatic heterocycles. The van der Waals surface area contributed by atoms with Gasteiger partial charge in [-0.25, -0.2) is 14.4 Å². The van der Waals surface area contributed by atoms with Crippen molar-refractivity contribution in [3.8, 4) is 5.75 Å². The maximum Gasteiger partial charge on any atom is 0.347 e. The number of aryl methyl sites for hydroxylation is 2. The summed E-state index contributed by atoms with van der Waals surface area (Å²) in [4.78, 5) is 42.6. The highest BCUT2D eigenvalue weighted by atomic mass is 16.5. The van der Waals surface area contributed by atoms with Gasteiger partial charge in [-0.3, -0.25) is 14.6 Å². The first-order valence-corrected chi connectivity index (χ1v) is 9.65. The lowest BCUT2D eigenvalue weighted by Gasteiger charge is -2.25. The van der Waals surface area contributed by atoms with E-state index in [1.165, 1.54) is 23.6 Å². The average Bonchev–Trinajstić information content (AvgIpc) is 2.99. The molecule has 0 radical (unpaired) electrons. The molecule has 0 unspecified atom stereocenters. The van der Waals surface area contributed by atoms with Gasteiger partial charge < -0.3 is 9.84 Å². The van der Waals surface area contributed by atoms with E-state index in [4.69, 9.17) is 11.3 Å². The van der Waals surface area contributed by atoms with Gasteiger partial charge in [-0.15, -0.1) is 0 Å². The van der Waals surface area contributed by atoms with Crippen LogP contribution in [-0.2, 0) is 16.1 Å². The molecule has 1 saturated heterocycles. The van der Waals surface area contributed by atoms with Crippen LogP contribution in [-0.4, -0.2) is 40.1 Å². The molecular formula is C23H23N3O5. The fourth-order valence-electron chi connectivity index (χ4n) is 3.38. The molecule has 1 N–H and O–H groups in total. The van der Waals surface area contributed by atoms with Gasteiger partial charge in [0, 0.05) is 5.69 Å². The van der Waals surface area contributed by atoms with Crippen LogP contribution in [0, 0.1) is 20.4 Å². The predicted molar refractivity (Wildman–Crippen MR) is 114 cm³/mol. The van der Waals surface area contributed by atoms with Crippen LogP contribution < -0.4 is 9.64 Å².